The van der Waals surface area contributed by atoms with Gasteiger partial charge in [-0.05, 0) is 45.5 Å². The summed E-state index contributed by atoms with van der Waals surface area (Å²) in [5.74, 6) is -0.537. The number of benzene rings is 2. The van der Waals surface area contributed by atoms with E-state index in [0.29, 0.717) is 5.69 Å². The van der Waals surface area contributed by atoms with Crippen LogP contribution in [0.5, 0.6) is 0 Å². The Bertz CT molecular complexity index is 1000. The lowest BCUT2D eigenvalue weighted by molar-refractivity contribution is -0.119. The molecule has 0 fully saturated rings. The van der Waals surface area contributed by atoms with Crippen molar-refractivity contribution < 1.29 is 14.3 Å². The molecule has 1 N–H and O–H groups in total. The number of aromatic nitrogens is 4. The van der Waals surface area contributed by atoms with Gasteiger partial charge in [0.2, 0.25) is 0 Å². The average molecular weight is 407 g/mol. The first kappa shape index (κ1) is 21.2. The van der Waals surface area contributed by atoms with Gasteiger partial charge in [0, 0.05) is 5.69 Å². The number of rotatable bonds is 7. The Balaban J connectivity index is 1.73. The molecule has 30 heavy (non-hydrogen) atoms. The quantitative estimate of drug-likeness (QED) is 0.600. The molecular formula is C22H25N5O3. The first-order chi connectivity index (χ1) is 14.4. The molecule has 3 aromatic rings. The molecule has 1 amide bonds. The first-order valence-electron chi connectivity index (χ1n) is 9.80. The maximum Gasteiger partial charge on any atom is 0.340 e. The molecule has 1 aromatic heterocycles. The van der Waals surface area contributed by atoms with E-state index in [2.05, 4.69) is 48.5 Å². The van der Waals surface area contributed by atoms with Crippen molar-refractivity contribution in [2.45, 2.75) is 39.5 Å². The number of anilines is 1. The van der Waals surface area contributed by atoms with E-state index in [1.807, 2.05) is 18.2 Å². The molecule has 2 aromatic carbocycles. The largest absolute Gasteiger partial charge is 0.452 e. The van der Waals surface area contributed by atoms with Crippen LogP contribution in [0.3, 0.4) is 0 Å². The standard InChI is InChI=1S/C22H25N5O3/c1-14(2)16-9-7-10-17(15(3)4)21(16)24-20(28)12-30-22(29)18-8-5-6-11-19(18)27-13-23-25-26-27/h5-11,13-15H,12H2,1-4H3,(H,24,28). The van der Waals surface area contributed by atoms with Crippen molar-refractivity contribution in [2.75, 3.05) is 11.9 Å². The minimum absolute atomic E-state index is 0.240. The number of para-hydroxylation sites is 2. The monoisotopic (exact) mass is 407 g/mol. The van der Waals surface area contributed by atoms with E-state index in [1.54, 1.807) is 24.3 Å². The molecule has 3 rings (SSSR count). The Hall–Kier alpha value is -3.55. The molecule has 8 heteroatoms. The predicted octanol–water partition coefficient (Wildman–Crippen LogP) is 3.70. The first-order valence-corrected chi connectivity index (χ1v) is 9.80. The predicted molar refractivity (Wildman–Crippen MR) is 113 cm³/mol. The van der Waals surface area contributed by atoms with E-state index >= 15 is 0 Å². The molecule has 156 valence electrons. The Labute approximate surface area is 175 Å². The number of ether oxygens (including phenoxy) is 1. The Morgan fingerprint density at radius 1 is 1.00 bits per heavy atom. The summed E-state index contributed by atoms with van der Waals surface area (Å²) in [6.45, 7) is 7.90. The Kier molecular flexibility index (Phi) is 6.56. The van der Waals surface area contributed by atoms with Gasteiger partial charge in [0.15, 0.2) is 6.61 Å². The van der Waals surface area contributed by atoms with Crippen molar-refractivity contribution in [1.29, 1.82) is 0 Å². The van der Waals surface area contributed by atoms with Gasteiger partial charge in [0.1, 0.15) is 6.33 Å². The van der Waals surface area contributed by atoms with Crippen LogP contribution in [-0.4, -0.2) is 38.7 Å². The normalized spacial score (nSPS) is 11.0. The van der Waals surface area contributed by atoms with E-state index in [-0.39, 0.29) is 17.4 Å². The van der Waals surface area contributed by atoms with Crippen molar-refractivity contribution >= 4 is 17.6 Å². The third kappa shape index (κ3) is 4.71. The third-order valence-corrected chi connectivity index (χ3v) is 4.69. The topological polar surface area (TPSA) is 99.0 Å². The fourth-order valence-electron chi connectivity index (χ4n) is 3.20. The van der Waals surface area contributed by atoms with Gasteiger partial charge in [-0.15, -0.1) is 5.10 Å². The number of nitrogens with zero attached hydrogens (tertiary/aromatic N) is 4. The van der Waals surface area contributed by atoms with Crippen LogP contribution >= 0.6 is 0 Å². The number of carbonyl (C=O) groups excluding carboxylic acids is 2. The fourth-order valence-corrected chi connectivity index (χ4v) is 3.20. The highest BCUT2D eigenvalue weighted by atomic mass is 16.5. The van der Waals surface area contributed by atoms with Gasteiger partial charge >= 0.3 is 5.97 Å². The van der Waals surface area contributed by atoms with Gasteiger partial charge in [-0.25, -0.2) is 4.79 Å². The molecule has 0 radical (unpaired) electrons. The fraction of sp³-hybridized carbons (Fsp3) is 0.318. The summed E-state index contributed by atoms with van der Waals surface area (Å²) in [5, 5.41) is 13.9. The molecule has 8 nitrogen and oxygen atoms in total. The number of hydrogen-bond donors (Lipinski definition) is 1. The molecule has 0 aliphatic rings. The molecule has 1 heterocycles. The smallest absolute Gasteiger partial charge is 0.340 e. The number of esters is 1. The number of carbonyl (C=O) groups is 2. The number of tetrazole rings is 1. The lowest BCUT2D eigenvalue weighted by atomic mass is 9.92. The molecule has 0 atom stereocenters. The summed E-state index contributed by atoms with van der Waals surface area (Å²) < 4.78 is 6.63. The molecule has 0 saturated heterocycles. The van der Waals surface area contributed by atoms with Crippen molar-refractivity contribution in [3.8, 4) is 5.69 Å². The van der Waals surface area contributed by atoms with Crippen LogP contribution in [0.2, 0.25) is 0 Å². The molecular weight excluding hydrogens is 382 g/mol. The van der Waals surface area contributed by atoms with Crippen molar-refractivity contribution in [3.63, 3.8) is 0 Å². The van der Waals surface area contributed by atoms with E-state index in [9.17, 15) is 9.59 Å². The second kappa shape index (κ2) is 9.30. The van der Waals surface area contributed by atoms with Crippen LogP contribution in [0.25, 0.3) is 5.69 Å². The van der Waals surface area contributed by atoms with Crippen molar-refractivity contribution in [1.82, 2.24) is 20.2 Å². The summed E-state index contributed by atoms with van der Waals surface area (Å²) in [7, 11) is 0. The van der Waals surface area contributed by atoms with Crippen molar-refractivity contribution in [3.05, 3.63) is 65.5 Å². The molecule has 0 aliphatic carbocycles. The van der Waals surface area contributed by atoms with E-state index < -0.39 is 18.5 Å². The van der Waals surface area contributed by atoms with Gasteiger partial charge in [-0.2, -0.15) is 4.68 Å². The van der Waals surface area contributed by atoms with E-state index in [4.69, 9.17) is 4.74 Å². The van der Waals surface area contributed by atoms with Crippen LogP contribution < -0.4 is 5.32 Å². The van der Waals surface area contributed by atoms with E-state index in [0.717, 1.165) is 16.8 Å². The van der Waals surface area contributed by atoms with Crippen molar-refractivity contribution in [2.24, 2.45) is 0 Å². The maximum absolute atomic E-state index is 12.6. The molecule has 0 aliphatic heterocycles. The summed E-state index contributed by atoms with van der Waals surface area (Å²) in [5.41, 5.74) is 3.62. The van der Waals surface area contributed by atoms with Gasteiger partial charge in [-0.3, -0.25) is 4.79 Å². The maximum atomic E-state index is 12.6. The number of nitrogens with one attached hydrogen (secondary N) is 1. The van der Waals surface area contributed by atoms with Gasteiger partial charge in [0.25, 0.3) is 5.91 Å². The minimum Gasteiger partial charge on any atom is -0.452 e. The zero-order chi connectivity index (χ0) is 21.7. The SMILES string of the molecule is CC(C)c1cccc(C(C)C)c1NC(=O)COC(=O)c1ccccc1-n1cnnn1. The second-order valence-corrected chi connectivity index (χ2v) is 7.52. The van der Waals surface area contributed by atoms with Gasteiger partial charge in [0.05, 0.1) is 11.3 Å². The minimum atomic E-state index is -0.627. The zero-order valence-electron chi connectivity index (χ0n) is 17.5. The zero-order valence-corrected chi connectivity index (χ0v) is 17.5. The molecule has 0 bridgehead atoms. The Morgan fingerprint density at radius 2 is 1.67 bits per heavy atom. The molecule has 0 saturated carbocycles. The summed E-state index contributed by atoms with van der Waals surface area (Å²) in [4.78, 5) is 25.2. The summed E-state index contributed by atoms with van der Waals surface area (Å²) >= 11 is 0. The van der Waals surface area contributed by atoms with Crippen LogP contribution in [0.4, 0.5) is 5.69 Å². The molecule has 0 unspecified atom stereocenters. The third-order valence-electron chi connectivity index (χ3n) is 4.69. The highest BCUT2D eigenvalue weighted by Crippen LogP contribution is 2.32. The lowest BCUT2D eigenvalue weighted by Crippen LogP contribution is -2.23. The van der Waals surface area contributed by atoms with E-state index in [1.165, 1.54) is 11.0 Å². The van der Waals surface area contributed by atoms with Crippen LogP contribution in [-0.2, 0) is 9.53 Å². The number of hydrogen-bond acceptors (Lipinski definition) is 6. The highest BCUT2D eigenvalue weighted by molar-refractivity contribution is 5.98. The summed E-state index contributed by atoms with van der Waals surface area (Å²) in [6, 6.07) is 12.8. The van der Waals surface area contributed by atoms with Crippen LogP contribution in [0.15, 0.2) is 48.8 Å². The number of amides is 1. The Morgan fingerprint density at radius 3 is 2.27 bits per heavy atom. The van der Waals surface area contributed by atoms with Crippen LogP contribution in [0, 0.1) is 0 Å². The summed E-state index contributed by atoms with van der Waals surface area (Å²) in [6.07, 6.45) is 1.38. The van der Waals surface area contributed by atoms with Crippen LogP contribution in [0.1, 0.15) is 61.0 Å². The lowest BCUT2D eigenvalue weighted by Gasteiger charge is -2.20. The highest BCUT2D eigenvalue weighted by Gasteiger charge is 2.19. The average Bonchev–Trinajstić information content (AvgIpc) is 3.26. The van der Waals surface area contributed by atoms with Gasteiger partial charge in [-0.1, -0.05) is 58.0 Å². The molecule has 0 spiro atoms. The second-order valence-electron chi connectivity index (χ2n) is 7.52. The van der Waals surface area contributed by atoms with Gasteiger partial charge < -0.3 is 10.1 Å².